The Bertz CT molecular complexity index is 184. The van der Waals surface area contributed by atoms with Gasteiger partial charge in [0.2, 0.25) is 0 Å². The van der Waals surface area contributed by atoms with Crippen molar-refractivity contribution in [1.82, 2.24) is 0 Å². The number of halogens is 1. The van der Waals surface area contributed by atoms with Gasteiger partial charge in [0, 0.05) is 5.92 Å². The molecule has 0 fully saturated rings. The molecular weight excluding hydrogens is 212 g/mol. The zero-order valence-corrected chi connectivity index (χ0v) is 8.31. The summed E-state index contributed by atoms with van der Waals surface area (Å²) in [5.41, 5.74) is 0. The summed E-state index contributed by atoms with van der Waals surface area (Å²) in [5.74, 6) is -1.73. The molecule has 0 heterocycles. The van der Waals surface area contributed by atoms with Gasteiger partial charge in [-0.25, -0.2) is 0 Å². The molecule has 1 N–H and O–H groups in total. The fourth-order valence-corrected chi connectivity index (χ4v) is 1.11. The Morgan fingerprint density at radius 1 is 1.45 bits per heavy atom. The molecule has 0 spiro atoms. The molecular formula is C7H11BrO3. The van der Waals surface area contributed by atoms with Gasteiger partial charge in [-0.15, -0.1) is 0 Å². The first-order valence-electron chi connectivity index (χ1n) is 3.26. The summed E-state index contributed by atoms with van der Waals surface area (Å²) in [5, 5.41) is 8.59. The number of carbonyl (C=O) groups is 2. The molecule has 3 nitrogen and oxygen atoms in total. The molecule has 64 valence electrons. The molecule has 0 aromatic carbocycles. The summed E-state index contributed by atoms with van der Waals surface area (Å²) in [6.45, 7) is 4.69. The SMILES string of the molecule is CC(C)C(=O)C(C)(Br)C(=O)O. The topological polar surface area (TPSA) is 54.4 Å². The highest BCUT2D eigenvalue weighted by Gasteiger charge is 2.39. The predicted octanol–water partition coefficient (Wildman–Crippen LogP) is 1.45. The van der Waals surface area contributed by atoms with Crippen molar-refractivity contribution in [3.05, 3.63) is 0 Å². The van der Waals surface area contributed by atoms with Crippen molar-refractivity contribution in [3.63, 3.8) is 0 Å². The molecule has 1 unspecified atom stereocenters. The Labute approximate surface area is 73.9 Å². The maximum Gasteiger partial charge on any atom is 0.327 e. The lowest BCUT2D eigenvalue weighted by molar-refractivity contribution is -0.143. The summed E-state index contributed by atoms with van der Waals surface area (Å²) in [6.07, 6.45) is 0. The lowest BCUT2D eigenvalue weighted by atomic mass is 9.97. The zero-order valence-electron chi connectivity index (χ0n) is 6.72. The van der Waals surface area contributed by atoms with E-state index in [1.54, 1.807) is 13.8 Å². The van der Waals surface area contributed by atoms with Crippen LogP contribution in [0.2, 0.25) is 0 Å². The molecule has 1 atom stereocenters. The van der Waals surface area contributed by atoms with E-state index in [1.165, 1.54) is 6.92 Å². The molecule has 0 rings (SSSR count). The summed E-state index contributed by atoms with van der Waals surface area (Å²) < 4.78 is -1.43. The van der Waals surface area contributed by atoms with Crippen LogP contribution < -0.4 is 0 Å². The lowest BCUT2D eigenvalue weighted by Gasteiger charge is -2.17. The second kappa shape index (κ2) is 3.34. The number of hydrogen-bond acceptors (Lipinski definition) is 2. The summed E-state index contributed by atoms with van der Waals surface area (Å²) in [4.78, 5) is 21.7. The minimum absolute atomic E-state index is 0.268. The highest BCUT2D eigenvalue weighted by molar-refractivity contribution is 9.10. The number of carboxylic acid groups (broad SMARTS) is 1. The fourth-order valence-electron chi connectivity index (χ4n) is 0.648. The van der Waals surface area contributed by atoms with E-state index in [-0.39, 0.29) is 11.7 Å². The molecule has 0 saturated heterocycles. The normalized spacial score (nSPS) is 16.1. The lowest BCUT2D eigenvalue weighted by Crippen LogP contribution is -2.39. The molecule has 0 amide bonds. The third-order valence-electron chi connectivity index (χ3n) is 1.39. The van der Waals surface area contributed by atoms with Crippen LogP contribution in [0.4, 0.5) is 0 Å². The van der Waals surface area contributed by atoms with Crippen LogP contribution in [0.3, 0.4) is 0 Å². The van der Waals surface area contributed by atoms with Crippen molar-refractivity contribution in [2.24, 2.45) is 5.92 Å². The smallest absolute Gasteiger partial charge is 0.327 e. The molecule has 0 aromatic heterocycles. The van der Waals surface area contributed by atoms with E-state index in [0.29, 0.717) is 0 Å². The zero-order chi connectivity index (χ0) is 9.23. The standard InChI is InChI=1S/C7H11BrO3/c1-4(2)5(9)7(3,8)6(10)11/h4H,1-3H3,(H,10,11). The Balaban J connectivity index is 4.56. The number of aliphatic carboxylic acids is 1. The van der Waals surface area contributed by atoms with Crippen LogP contribution in [-0.4, -0.2) is 21.2 Å². The van der Waals surface area contributed by atoms with Crippen LogP contribution in [0.15, 0.2) is 0 Å². The van der Waals surface area contributed by atoms with E-state index in [1.807, 2.05) is 0 Å². The maximum absolute atomic E-state index is 11.2. The van der Waals surface area contributed by atoms with E-state index in [2.05, 4.69) is 15.9 Å². The molecule has 0 aliphatic carbocycles. The summed E-state index contributed by atoms with van der Waals surface area (Å²) in [6, 6.07) is 0. The number of rotatable bonds is 3. The number of carboxylic acids is 1. The van der Waals surface area contributed by atoms with E-state index in [4.69, 9.17) is 5.11 Å². The molecule has 0 bridgehead atoms. The van der Waals surface area contributed by atoms with Gasteiger partial charge in [0.1, 0.15) is 0 Å². The Kier molecular flexibility index (Phi) is 3.23. The van der Waals surface area contributed by atoms with Gasteiger partial charge >= 0.3 is 5.97 Å². The highest BCUT2D eigenvalue weighted by Crippen LogP contribution is 2.22. The van der Waals surface area contributed by atoms with Gasteiger partial charge in [0.15, 0.2) is 10.1 Å². The first kappa shape index (κ1) is 10.6. The number of Topliss-reactive ketones (excluding diaryl/α,β-unsaturated/α-hetero) is 1. The Morgan fingerprint density at radius 3 is 1.91 bits per heavy atom. The van der Waals surface area contributed by atoms with Crippen molar-refractivity contribution in [2.45, 2.75) is 25.1 Å². The van der Waals surface area contributed by atoms with Crippen LogP contribution in [0.1, 0.15) is 20.8 Å². The van der Waals surface area contributed by atoms with E-state index >= 15 is 0 Å². The summed E-state index contributed by atoms with van der Waals surface area (Å²) >= 11 is 2.86. The van der Waals surface area contributed by atoms with Gasteiger partial charge in [-0.05, 0) is 6.92 Å². The third kappa shape index (κ3) is 2.29. The average Bonchev–Trinajstić information content (AvgIpc) is 1.85. The van der Waals surface area contributed by atoms with E-state index in [9.17, 15) is 9.59 Å². The minimum Gasteiger partial charge on any atom is -0.480 e. The Morgan fingerprint density at radius 2 is 1.82 bits per heavy atom. The van der Waals surface area contributed by atoms with Crippen molar-refractivity contribution in [3.8, 4) is 0 Å². The fraction of sp³-hybridized carbons (Fsp3) is 0.714. The molecule has 0 aromatic rings. The Hall–Kier alpha value is -0.380. The van der Waals surface area contributed by atoms with Gasteiger partial charge in [-0.1, -0.05) is 29.8 Å². The molecule has 0 aliphatic rings. The average molecular weight is 223 g/mol. The van der Waals surface area contributed by atoms with E-state index < -0.39 is 10.3 Å². The predicted molar refractivity (Wildman–Crippen MR) is 44.8 cm³/mol. The third-order valence-corrected chi connectivity index (χ3v) is 2.12. The number of ketones is 1. The van der Waals surface area contributed by atoms with Crippen molar-refractivity contribution in [2.75, 3.05) is 0 Å². The van der Waals surface area contributed by atoms with Crippen LogP contribution in [-0.2, 0) is 9.59 Å². The second-order valence-corrected chi connectivity index (χ2v) is 4.41. The van der Waals surface area contributed by atoms with Gasteiger partial charge < -0.3 is 5.11 Å². The molecule has 0 saturated carbocycles. The number of carbonyl (C=O) groups excluding carboxylic acids is 1. The van der Waals surface area contributed by atoms with Crippen LogP contribution in [0, 0.1) is 5.92 Å². The quantitative estimate of drug-likeness (QED) is 0.581. The van der Waals surface area contributed by atoms with E-state index in [0.717, 1.165) is 0 Å². The second-order valence-electron chi connectivity index (χ2n) is 2.83. The molecule has 11 heavy (non-hydrogen) atoms. The van der Waals surface area contributed by atoms with Gasteiger partial charge in [-0.2, -0.15) is 0 Å². The first-order valence-corrected chi connectivity index (χ1v) is 4.06. The van der Waals surface area contributed by atoms with Gasteiger partial charge in [0.25, 0.3) is 0 Å². The van der Waals surface area contributed by atoms with Gasteiger partial charge in [0.05, 0.1) is 0 Å². The molecule has 0 aliphatic heterocycles. The van der Waals surface area contributed by atoms with Crippen molar-refractivity contribution in [1.29, 1.82) is 0 Å². The maximum atomic E-state index is 11.2. The van der Waals surface area contributed by atoms with Crippen molar-refractivity contribution >= 4 is 27.7 Å². The van der Waals surface area contributed by atoms with Gasteiger partial charge in [-0.3, -0.25) is 9.59 Å². The first-order chi connectivity index (χ1) is 4.80. The largest absolute Gasteiger partial charge is 0.480 e. The summed E-state index contributed by atoms with van der Waals surface area (Å²) in [7, 11) is 0. The van der Waals surface area contributed by atoms with Crippen LogP contribution in [0.25, 0.3) is 0 Å². The van der Waals surface area contributed by atoms with Crippen LogP contribution in [0.5, 0.6) is 0 Å². The monoisotopic (exact) mass is 222 g/mol. The number of hydrogen-bond donors (Lipinski definition) is 1. The highest BCUT2D eigenvalue weighted by atomic mass is 79.9. The molecule has 4 heteroatoms. The molecule has 0 radical (unpaired) electrons. The minimum atomic E-state index is -1.43. The van der Waals surface area contributed by atoms with Crippen molar-refractivity contribution < 1.29 is 14.7 Å². The number of alkyl halides is 1. The van der Waals surface area contributed by atoms with Crippen LogP contribution >= 0.6 is 15.9 Å².